The van der Waals surface area contributed by atoms with Gasteiger partial charge in [-0.2, -0.15) is 0 Å². The second-order valence-electron chi connectivity index (χ2n) is 5.71. The Morgan fingerprint density at radius 3 is 2.71 bits per heavy atom. The van der Waals surface area contributed by atoms with Gasteiger partial charge in [0.15, 0.2) is 11.2 Å². The lowest BCUT2D eigenvalue weighted by Gasteiger charge is -2.40. The summed E-state index contributed by atoms with van der Waals surface area (Å²) in [6.07, 6.45) is -0.526. The van der Waals surface area contributed by atoms with E-state index >= 15 is 0 Å². The second-order valence-corrected chi connectivity index (χ2v) is 5.71. The molecule has 0 bridgehead atoms. The summed E-state index contributed by atoms with van der Waals surface area (Å²) in [5.41, 5.74) is 0.588. The molecule has 24 heavy (non-hydrogen) atoms. The van der Waals surface area contributed by atoms with Gasteiger partial charge in [-0.3, -0.25) is 9.59 Å². The average molecular weight is 329 g/mol. The van der Waals surface area contributed by atoms with Crippen LogP contribution >= 0.6 is 0 Å². The number of morpholine rings is 1. The van der Waals surface area contributed by atoms with Crippen molar-refractivity contribution in [3.63, 3.8) is 0 Å². The predicted octanol–water partition coefficient (Wildman–Crippen LogP) is 1.52. The van der Waals surface area contributed by atoms with Crippen molar-refractivity contribution in [3.8, 4) is 0 Å². The molecule has 2 aromatic rings. The van der Waals surface area contributed by atoms with Gasteiger partial charge in [-0.1, -0.05) is 30.3 Å². The highest BCUT2D eigenvalue weighted by molar-refractivity contribution is 5.91. The molecule has 0 unspecified atom stereocenters. The van der Waals surface area contributed by atoms with Gasteiger partial charge in [0.05, 0.1) is 19.3 Å². The van der Waals surface area contributed by atoms with E-state index in [2.05, 4.69) is 0 Å². The standard InChI is InChI=1S/C18H19NO5/c1-12-9-14(21)10-15(24-12)18(22)19-7-8-23-16(11-20)17(19)13-5-3-2-4-6-13/h2-6,9-10,16-17,20H,7-8,11H2,1H3/t16-,17-/m0/s1. The van der Waals surface area contributed by atoms with Crippen LogP contribution in [0.2, 0.25) is 0 Å². The molecule has 1 aromatic carbocycles. The summed E-state index contributed by atoms with van der Waals surface area (Å²) in [5.74, 6) is 0.00000252. The van der Waals surface area contributed by atoms with Crippen molar-refractivity contribution in [2.45, 2.75) is 19.1 Å². The van der Waals surface area contributed by atoms with Gasteiger partial charge in [-0.25, -0.2) is 0 Å². The monoisotopic (exact) mass is 329 g/mol. The summed E-state index contributed by atoms with van der Waals surface area (Å²) in [4.78, 5) is 26.2. The Kier molecular flexibility index (Phi) is 4.78. The van der Waals surface area contributed by atoms with Crippen LogP contribution in [-0.4, -0.2) is 41.8 Å². The molecular weight excluding hydrogens is 310 g/mol. The zero-order valence-corrected chi connectivity index (χ0v) is 13.3. The fourth-order valence-electron chi connectivity index (χ4n) is 3.01. The zero-order chi connectivity index (χ0) is 17.1. The van der Waals surface area contributed by atoms with E-state index in [1.54, 1.807) is 11.8 Å². The quantitative estimate of drug-likeness (QED) is 0.923. The number of carbonyl (C=O) groups excluding carboxylic acids is 1. The molecule has 1 fully saturated rings. The van der Waals surface area contributed by atoms with E-state index in [1.807, 2.05) is 30.3 Å². The Morgan fingerprint density at radius 2 is 2.04 bits per heavy atom. The van der Waals surface area contributed by atoms with E-state index < -0.39 is 12.1 Å². The summed E-state index contributed by atoms with van der Waals surface area (Å²) in [6.45, 7) is 2.09. The molecule has 1 amide bonds. The lowest BCUT2D eigenvalue weighted by atomic mass is 9.98. The van der Waals surface area contributed by atoms with E-state index in [0.29, 0.717) is 18.9 Å². The minimum atomic E-state index is -0.526. The van der Waals surface area contributed by atoms with E-state index in [9.17, 15) is 14.7 Å². The second kappa shape index (κ2) is 6.98. The van der Waals surface area contributed by atoms with Gasteiger partial charge in [0, 0.05) is 18.7 Å². The van der Waals surface area contributed by atoms with Gasteiger partial charge in [0.1, 0.15) is 11.9 Å². The third-order valence-electron chi connectivity index (χ3n) is 4.03. The van der Waals surface area contributed by atoms with Crippen LogP contribution in [0.5, 0.6) is 0 Å². The maximum atomic E-state index is 12.9. The number of amides is 1. The number of ether oxygens (including phenoxy) is 1. The highest BCUT2D eigenvalue weighted by Crippen LogP contribution is 2.30. The third kappa shape index (κ3) is 3.25. The zero-order valence-electron chi connectivity index (χ0n) is 13.3. The summed E-state index contributed by atoms with van der Waals surface area (Å²) in [7, 11) is 0. The molecule has 1 aliphatic rings. The molecule has 0 spiro atoms. The van der Waals surface area contributed by atoms with Gasteiger partial charge >= 0.3 is 0 Å². The Hall–Kier alpha value is -2.44. The number of hydrogen-bond donors (Lipinski definition) is 1. The van der Waals surface area contributed by atoms with E-state index in [0.717, 1.165) is 5.56 Å². The summed E-state index contributed by atoms with van der Waals surface area (Å²) >= 11 is 0. The molecular formula is C18H19NO5. The number of nitrogens with zero attached hydrogens (tertiary/aromatic N) is 1. The summed E-state index contributed by atoms with van der Waals surface area (Å²) in [6, 6.07) is 11.5. The predicted molar refractivity (Wildman–Crippen MR) is 86.8 cm³/mol. The van der Waals surface area contributed by atoms with Crippen molar-refractivity contribution in [1.82, 2.24) is 4.90 Å². The highest BCUT2D eigenvalue weighted by atomic mass is 16.5. The minimum absolute atomic E-state index is 0.000444. The van der Waals surface area contributed by atoms with Gasteiger partial charge in [-0.15, -0.1) is 0 Å². The van der Waals surface area contributed by atoms with Crippen molar-refractivity contribution in [2.24, 2.45) is 0 Å². The molecule has 3 rings (SSSR count). The first-order valence-corrected chi connectivity index (χ1v) is 7.80. The van der Waals surface area contributed by atoms with Crippen LogP contribution in [0.1, 0.15) is 27.9 Å². The molecule has 2 heterocycles. The Labute approximate surface area is 139 Å². The third-order valence-corrected chi connectivity index (χ3v) is 4.03. The lowest BCUT2D eigenvalue weighted by Crippen LogP contribution is -2.49. The number of hydrogen-bond acceptors (Lipinski definition) is 5. The first-order chi connectivity index (χ1) is 11.6. The number of benzene rings is 1. The Morgan fingerprint density at radius 1 is 1.29 bits per heavy atom. The number of aliphatic hydroxyl groups excluding tert-OH is 1. The number of aliphatic hydroxyl groups is 1. The topological polar surface area (TPSA) is 80.0 Å². The number of aryl methyl sites for hydroxylation is 1. The van der Waals surface area contributed by atoms with E-state index in [4.69, 9.17) is 9.15 Å². The van der Waals surface area contributed by atoms with Crippen molar-refractivity contribution in [1.29, 1.82) is 0 Å². The SMILES string of the molecule is Cc1cc(=O)cc(C(=O)N2CCO[C@@H](CO)[C@@H]2c2ccccc2)o1. The average Bonchev–Trinajstić information content (AvgIpc) is 2.60. The van der Waals surface area contributed by atoms with Crippen molar-refractivity contribution in [3.05, 3.63) is 69.8 Å². The molecule has 1 aliphatic heterocycles. The smallest absolute Gasteiger partial charge is 0.290 e. The molecule has 6 nitrogen and oxygen atoms in total. The molecule has 1 aromatic heterocycles. The number of carbonyl (C=O) groups is 1. The van der Waals surface area contributed by atoms with Crippen LogP contribution in [0.4, 0.5) is 0 Å². The van der Waals surface area contributed by atoms with Crippen LogP contribution in [0.15, 0.2) is 51.7 Å². The highest BCUT2D eigenvalue weighted by Gasteiger charge is 2.37. The fraction of sp³-hybridized carbons (Fsp3) is 0.333. The van der Waals surface area contributed by atoms with Crippen LogP contribution in [0.25, 0.3) is 0 Å². The molecule has 126 valence electrons. The van der Waals surface area contributed by atoms with Crippen LogP contribution in [0.3, 0.4) is 0 Å². The largest absolute Gasteiger partial charge is 0.456 e. The van der Waals surface area contributed by atoms with E-state index in [-0.39, 0.29) is 23.7 Å². The van der Waals surface area contributed by atoms with Crippen LogP contribution in [0, 0.1) is 6.92 Å². The normalized spacial score (nSPS) is 20.8. The van der Waals surface area contributed by atoms with Gasteiger partial charge in [0.2, 0.25) is 0 Å². The first-order valence-electron chi connectivity index (χ1n) is 7.80. The molecule has 1 saturated heterocycles. The van der Waals surface area contributed by atoms with Crippen LogP contribution < -0.4 is 5.43 Å². The lowest BCUT2D eigenvalue weighted by molar-refractivity contribution is -0.0818. The Balaban J connectivity index is 1.99. The maximum absolute atomic E-state index is 12.9. The maximum Gasteiger partial charge on any atom is 0.290 e. The molecule has 0 saturated carbocycles. The molecule has 0 aliphatic carbocycles. The van der Waals surface area contributed by atoms with Crippen molar-refractivity contribution in [2.75, 3.05) is 19.8 Å². The van der Waals surface area contributed by atoms with E-state index in [1.165, 1.54) is 12.1 Å². The van der Waals surface area contributed by atoms with Crippen molar-refractivity contribution >= 4 is 5.91 Å². The summed E-state index contributed by atoms with van der Waals surface area (Å²) in [5, 5.41) is 9.64. The Bertz CT molecular complexity index is 770. The number of rotatable bonds is 3. The van der Waals surface area contributed by atoms with Gasteiger partial charge in [-0.05, 0) is 12.5 Å². The summed E-state index contributed by atoms with van der Waals surface area (Å²) < 4.78 is 11.1. The molecule has 6 heteroatoms. The van der Waals surface area contributed by atoms with Crippen LogP contribution in [-0.2, 0) is 4.74 Å². The molecule has 1 N–H and O–H groups in total. The van der Waals surface area contributed by atoms with Crippen molar-refractivity contribution < 1.29 is 19.1 Å². The van der Waals surface area contributed by atoms with Gasteiger partial charge in [0.25, 0.3) is 5.91 Å². The minimum Gasteiger partial charge on any atom is -0.456 e. The first kappa shape index (κ1) is 16.4. The molecule has 2 atom stereocenters. The van der Waals surface area contributed by atoms with Gasteiger partial charge < -0.3 is 19.2 Å². The fourth-order valence-corrected chi connectivity index (χ4v) is 3.01. The molecule has 0 radical (unpaired) electrons.